The summed E-state index contributed by atoms with van der Waals surface area (Å²) < 4.78 is 72.2. The molecule has 0 N–H and O–H groups in total. The molecule has 270 valence electrons. The molecule has 57 heavy (non-hydrogen) atoms. The number of hydrogen-bond acceptors (Lipinski definition) is 4. The maximum Gasteiger partial charge on any atom is 0.200 e. The van der Waals surface area contributed by atoms with E-state index < -0.39 is 34.6 Å². The van der Waals surface area contributed by atoms with Crippen molar-refractivity contribution in [2.45, 2.75) is 0 Å². The van der Waals surface area contributed by atoms with Gasteiger partial charge in [0.2, 0.25) is 5.82 Å². The smallest absolute Gasteiger partial charge is 0.200 e. The Labute approximate surface area is 321 Å². The first-order valence-electron chi connectivity index (χ1n) is 17.5. The standard InChI is InChI=1S/C47H22F5N5/c1-54-31-21-19-30(20-22-31)45-46(29-13-11-25(24-53)12-14-29)57-47-35(56-45)23-33(26-7-3-2-4-8-26)37-32-9-5-6-10-34(32)55-44(38(37)47)28-17-15-27(16-18-28)36-39(48)41(50)43(52)42(51)40(36)49/h2-23H. The summed E-state index contributed by atoms with van der Waals surface area (Å²) in [5.74, 6) is -10.2. The summed E-state index contributed by atoms with van der Waals surface area (Å²) in [7, 11) is 0. The molecule has 0 saturated heterocycles. The topological polar surface area (TPSA) is 66.8 Å². The zero-order valence-corrected chi connectivity index (χ0v) is 29.3. The third kappa shape index (κ3) is 5.79. The number of nitrogens with zero attached hydrogens (tertiary/aromatic N) is 5. The molecule has 0 radical (unpaired) electrons. The van der Waals surface area contributed by atoms with Crippen LogP contribution in [0.3, 0.4) is 0 Å². The second-order valence-electron chi connectivity index (χ2n) is 13.2. The molecule has 0 fully saturated rings. The van der Waals surface area contributed by atoms with Crippen LogP contribution in [-0.4, -0.2) is 15.0 Å². The SMILES string of the molecule is [C-]#[N+]c1ccc(-c2nc3cc(-c4ccccc4)c4c5ccccc5nc(-c5ccc(-c6c(F)c(F)c(F)c(F)c6F)cc5)c4c3nc2-c2ccc(C#N)cc2)cc1. The largest absolute Gasteiger partial charge is 0.247 e. The minimum atomic E-state index is -2.23. The molecule has 9 rings (SSSR count). The van der Waals surface area contributed by atoms with Crippen LogP contribution in [0.1, 0.15) is 5.56 Å². The van der Waals surface area contributed by atoms with E-state index in [2.05, 4.69) is 10.9 Å². The summed E-state index contributed by atoms with van der Waals surface area (Å²) in [6.07, 6.45) is 0. The van der Waals surface area contributed by atoms with Crippen LogP contribution < -0.4 is 0 Å². The molecule has 9 aromatic rings. The molecular formula is C47H22F5N5. The normalized spacial score (nSPS) is 11.2. The summed E-state index contributed by atoms with van der Waals surface area (Å²) in [6.45, 7) is 7.46. The summed E-state index contributed by atoms with van der Waals surface area (Å²) in [5.41, 5.74) is 6.31. The van der Waals surface area contributed by atoms with Crippen LogP contribution in [0.25, 0.3) is 93.6 Å². The lowest BCUT2D eigenvalue weighted by Crippen LogP contribution is -2.04. The van der Waals surface area contributed by atoms with Crippen LogP contribution in [0.2, 0.25) is 0 Å². The molecule has 0 atom stereocenters. The van der Waals surface area contributed by atoms with Gasteiger partial charge in [0.1, 0.15) is 0 Å². The molecule has 0 aliphatic carbocycles. The highest BCUT2D eigenvalue weighted by Crippen LogP contribution is 2.44. The van der Waals surface area contributed by atoms with Gasteiger partial charge in [-0.1, -0.05) is 109 Å². The molecule has 2 aromatic heterocycles. The number of pyridine rings is 1. The molecule has 0 saturated carbocycles. The molecule has 5 nitrogen and oxygen atoms in total. The molecular weight excluding hydrogens is 730 g/mol. The molecule has 0 bridgehead atoms. The zero-order chi connectivity index (χ0) is 39.4. The minimum absolute atomic E-state index is 0.219. The van der Waals surface area contributed by atoms with Crippen molar-refractivity contribution in [3.8, 4) is 62.1 Å². The average molecular weight is 752 g/mol. The summed E-state index contributed by atoms with van der Waals surface area (Å²) >= 11 is 0. The van der Waals surface area contributed by atoms with E-state index in [-0.39, 0.29) is 5.56 Å². The number of nitriles is 1. The Morgan fingerprint density at radius 1 is 0.491 bits per heavy atom. The van der Waals surface area contributed by atoms with Crippen LogP contribution in [0.4, 0.5) is 27.6 Å². The van der Waals surface area contributed by atoms with E-state index in [4.69, 9.17) is 21.5 Å². The van der Waals surface area contributed by atoms with Crippen molar-refractivity contribution in [1.29, 1.82) is 5.26 Å². The minimum Gasteiger partial charge on any atom is -0.247 e. The van der Waals surface area contributed by atoms with Gasteiger partial charge in [-0.3, -0.25) is 0 Å². The number of hydrogen-bond donors (Lipinski definition) is 0. The maximum atomic E-state index is 14.9. The molecule has 0 aliphatic rings. The van der Waals surface area contributed by atoms with E-state index in [1.165, 1.54) is 24.3 Å². The fraction of sp³-hybridized carbons (Fsp3) is 0. The van der Waals surface area contributed by atoms with Crippen molar-refractivity contribution in [2.24, 2.45) is 0 Å². The van der Waals surface area contributed by atoms with Crippen LogP contribution in [0.5, 0.6) is 0 Å². The van der Waals surface area contributed by atoms with Crippen molar-refractivity contribution in [3.05, 3.63) is 180 Å². The van der Waals surface area contributed by atoms with Gasteiger partial charge in [-0.2, -0.15) is 5.26 Å². The van der Waals surface area contributed by atoms with Crippen molar-refractivity contribution < 1.29 is 22.0 Å². The highest BCUT2D eigenvalue weighted by Gasteiger charge is 2.27. The Morgan fingerprint density at radius 2 is 1.02 bits per heavy atom. The van der Waals surface area contributed by atoms with Crippen LogP contribution in [0.15, 0.2) is 133 Å². The summed E-state index contributed by atoms with van der Waals surface area (Å²) in [4.78, 5) is 19.2. The van der Waals surface area contributed by atoms with E-state index in [1.807, 2.05) is 72.8 Å². The van der Waals surface area contributed by atoms with Crippen molar-refractivity contribution in [1.82, 2.24) is 15.0 Å². The van der Waals surface area contributed by atoms with E-state index in [9.17, 15) is 27.2 Å². The quantitative estimate of drug-likeness (QED) is 0.0577. The van der Waals surface area contributed by atoms with Gasteiger partial charge < -0.3 is 0 Å². The second kappa shape index (κ2) is 13.8. The van der Waals surface area contributed by atoms with E-state index >= 15 is 0 Å². The highest BCUT2D eigenvalue weighted by molar-refractivity contribution is 6.25. The van der Waals surface area contributed by atoms with Gasteiger partial charge in [0.25, 0.3) is 0 Å². The van der Waals surface area contributed by atoms with Gasteiger partial charge in [0.05, 0.1) is 57.4 Å². The molecule has 2 heterocycles. The molecule has 7 aromatic carbocycles. The van der Waals surface area contributed by atoms with Gasteiger partial charge in [0, 0.05) is 27.3 Å². The van der Waals surface area contributed by atoms with Gasteiger partial charge in [0.15, 0.2) is 29.0 Å². The Balaban J connectivity index is 1.40. The lowest BCUT2D eigenvalue weighted by atomic mass is 9.91. The van der Waals surface area contributed by atoms with Crippen LogP contribution in [-0.2, 0) is 0 Å². The second-order valence-corrected chi connectivity index (χ2v) is 13.2. The average Bonchev–Trinajstić information content (AvgIpc) is 3.27. The van der Waals surface area contributed by atoms with Gasteiger partial charge in [-0.15, -0.1) is 0 Å². The van der Waals surface area contributed by atoms with Crippen molar-refractivity contribution >= 4 is 38.4 Å². The monoisotopic (exact) mass is 751 g/mol. The summed E-state index contributed by atoms with van der Waals surface area (Å²) in [6, 6.07) is 41.1. The Morgan fingerprint density at radius 3 is 1.67 bits per heavy atom. The van der Waals surface area contributed by atoms with Gasteiger partial charge in [-0.05, 0) is 46.5 Å². The molecule has 0 spiro atoms. The molecule has 0 unspecified atom stereocenters. The third-order valence-electron chi connectivity index (χ3n) is 9.90. The molecule has 0 aliphatic heterocycles. The Bertz CT molecular complexity index is 3140. The number of rotatable bonds is 5. The van der Waals surface area contributed by atoms with Crippen molar-refractivity contribution in [3.63, 3.8) is 0 Å². The van der Waals surface area contributed by atoms with Crippen LogP contribution in [0, 0.1) is 47.0 Å². The third-order valence-corrected chi connectivity index (χ3v) is 9.90. The van der Waals surface area contributed by atoms with E-state index in [0.29, 0.717) is 67.0 Å². The lowest BCUT2D eigenvalue weighted by molar-refractivity contribution is 0.381. The first-order chi connectivity index (χ1) is 27.7. The van der Waals surface area contributed by atoms with Gasteiger partial charge in [-0.25, -0.2) is 41.7 Å². The number of para-hydroxylation sites is 1. The lowest BCUT2D eigenvalue weighted by Gasteiger charge is -2.18. The maximum absolute atomic E-state index is 14.9. The highest BCUT2D eigenvalue weighted by atomic mass is 19.2. The van der Waals surface area contributed by atoms with Gasteiger partial charge >= 0.3 is 0 Å². The van der Waals surface area contributed by atoms with E-state index in [1.54, 1.807) is 36.4 Å². The van der Waals surface area contributed by atoms with E-state index in [0.717, 1.165) is 21.9 Å². The number of halogens is 5. The first kappa shape index (κ1) is 34.9. The fourth-order valence-electron chi connectivity index (χ4n) is 7.17. The first-order valence-corrected chi connectivity index (χ1v) is 17.5. The summed E-state index contributed by atoms with van der Waals surface area (Å²) in [5, 5.41) is 11.8. The number of benzene rings is 7. The Hall–Kier alpha value is -7.82. The Kier molecular flexibility index (Phi) is 8.45. The van der Waals surface area contributed by atoms with Crippen molar-refractivity contribution in [2.75, 3.05) is 0 Å². The predicted octanol–water partition coefficient (Wildman–Crippen LogP) is 12.8. The van der Waals surface area contributed by atoms with Crippen LogP contribution >= 0.6 is 0 Å². The predicted molar refractivity (Wildman–Crippen MR) is 210 cm³/mol. The fourth-order valence-corrected chi connectivity index (χ4v) is 7.17. The molecule has 10 heteroatoms. The molecule has 0 amide bonds. The zero-order valence-electron chi connectivity index (χ0n) is 29.3. The number of aromatic nitrogens is 3. The number of fused-ring (bicyclic) bond motifs is 5.